The lowest BCUT2D eigenvalue weighted by molar-refractivity contribution is -0.139. The molecular weight excluding hydrogens is 288 g/mol. The van der Waals surface area contributed by atoms with Crippen LogP contribution in [-0.4, -0.2) is 35.8 Å². The lowest BCUT2D eigenvalue weighted by Crippen LogP contribution is -2.45. The molecule has 124 valence electrons. The molecule has 0 radical (unpaired) electrons. The molecule has 1 aromatic carbocycles. The number of nitrogens with zero attached hydrogens (tertiary/aromatic N) is 2. The summed E-state index contributed by atoms with van der Waals surface area (Å²) in [5.41, 5.74) is 2.17. The summed E-state index contributed by atoms with van der Waals surface area (Å²) < 4.78 is 0. The molecule has 0 bridgehead atoms. The summed E-state index contributed by atoms with van der Waals surface area (Å²) in [4.78, 5) is 28.9. The maximum Gasteiger partial charge on any atom is 0.228 e. The largest absolute Gasteiger partial charge is 0.340 e. The van der Waals surface area contributed by atoms with Gasteiger partial charge in [-0.3, -0.25) is 9.59 Å². The number of anilines is 1. The zero-order chi connectivity index (χ0) is 16.4. The Morgan fingerprint density at radius 3 is 2.61 bits per heavy atom. The van der Waals surface area contributed by atoms with Crippen LogP contribution in [0, 0.1) is 5.92 Å². The molecule has 0 aliphatic carbocycles. The molecule has 4 heteroatoms. The van der Waals surface area contributed by atoms with Gasteiger partial charge < -0.3 is 9.80 Å². The van der Waals surface area contributed by atoms with E-state index in [1.165, 1.54) is 12.0 Å². The fraction of sp³-hybridized carbons (Fsp3) is 0.579. The third kappa shape index (κ3) is 3.26. The van der Waals surface area contributed by atoms with Crippen molar-refractivity contribution >= 4 is 17.5 Å². The molecule has 1 aromatic rings. The zero-order valence-corrected chi connectivity index (χ0v) is 14.1. The predicted octanol–water partition coefficient (Wildman–Crippen LogP) is 3.00. The van der Waals surface area contributed by atoms with Crippen molar-refractivity contribution in [3.63, 3.8) is 0 Å². The first-order chi connectivity index (χ1) is 11.1. The third-order valence-corrected chi connectivity index (χ3v) is 5.22. The van der Waals surface area contributed by atoms with Crippen LogP contribution < -0.4 is 4.90 Å². The summed E-state index contributed by atoms with van der Waals surface area (Å²) in [6.45, 7) is 5.60. The van der Waals surface area contributed by atoms with Crippen LogP contribution in [0.2, 0.25) is 0 Å². The van der Waals surface area contributed by atoms with Crippen molar-refractivity contribution in [1.82, 2.24) is 4.90 Å². The number of hydrogen-bond acceptors (Lipinski definition) is 2. The second-order valence-corrected chi connectivity index (χ2v) is 6.80. The molecule has 0 spiro atoms. The summed E-state index contributed by atoms with van der Waals surface area (Å²) in [7, 11) is 0. The van der Waals surface area contributed by atoms with E-state index in [0.29, 0.717) is 19.0 Å². The molecule has 23 heavy (non-hydrogen) atoms. The van der Waals surface area contributed by atoms with Crippen molar-refractivity contribution in [2.45, 2.75) is 52.0 Å². The summed E-state index contributed by atoms with van der Waals surface area (Å²) in [5.74, 6) is 0.0457. The van der Waals surface area contributed by atoms with Gasteiger partial charge in [0.05, 0.1) is 5.92 Å². The molecule has 2 saturated heterocycles. The van der Waals surface area contributed by atoms with Gasteiger partial charge in [0.1, 0.15) is 0 Å². The quantitative estimate of drug-likeness (QED) is 0.860. The minimum Gasteiger partial charge on any atom is -0.340 e. The van der Waals surface area contributed by atoms with Crippen LogP contribution in [0.1, 0.15) is 45.1 Å². The van der Waals surface area contributed by atoms with E-state index in [9.17, 15) is 9.59 Å². The van der Waals surface area contributed by atoms with Crippen molar-refractivity contribution in [2.75, 3.05) is 18.0 Å². The monoisotopic (exact) mass is 314 g/mol. The van der Waals surface area contributed by atoms with Gasteiger partial charge in [0.25, 0.3) is 0 Å². The average Bonchev–Trinajstić information content (AvgIpc) is 2.96. The number of carbonyl (C=O) groups excluding carboxylic acids is 2. The Balaban J connectivity index is 1.70. The highest BCUT2D eigenvalue weighted by Gasteiger charge is 2.38. The van der Waals surface area contributed by atoms with Gasteiger partial charge in [-0.25, -0.2) is 0 Å². The summed E-state index contributed by atoms with van der Waals surface area (Å²) in [5, 5.41) is 0. The topological polar surface area (TPSA) is 40.6 Å². The van der Waals surface area contributed by atoms with E-state index >= 15 is 0 Å². The molecule has 2 aliphatic heterocycles. The Morgan fingerprint density at radius 2 is 1.96 bits per heavy atom. The van der Waals surface area contributed by atoms with Crippen LogP contribution in [0.4, 0.5) is 5.69 Å². The SMILES string of the molecule is CCc1ccc(N2C[C@H](C(=O)N3CCCC[C@H]3C)CC2=O)cc1. The fourth-order valence-corrected chi connectivity index (χ4v) is 3.69. The van der Waals surface area contributed by atoms with E-state index in [-0.39, 0.29) is 17.7 Å². The van der Waals surface area contributed by atoms with E-state index in [4.69, 9.17) is 0 Å². The summed E-state index contributed by atoms with van der Waals surface area (Å²) in [6.07, 6.45) is 4.69. The number of piperidine rings is 1. The molecule has 2 fully saturated rings. The Kier molecular flexibility index (Phi) is 4.69. The van der Waals surface area contributed by atoms with Gasteiger partial charge in [0, 0.05) is 31.2 Å². The lowest BCUT2D eigenvalue weighted by atomic mass is 9.99. The Morgan fingerprint density at radius 1 is 1.22 bits per heavy atom. The molecule has 0 N–H and O–H groups in total. The smallest absolute Gasteiger partial charge is 0.228 e. The molecule has 2 aliphatic rings. The highest BCUT2D eigenvalue weighted by atomic mass is 16.2. The second-order valence-electron chi connectivity index (χ2n) is 6.80. The van der Waals surface area contributed by atoms with Crippen LogP contribution in [-0.2, 0) is 16.0 Å². The first-order valence-corrected chi connectivity index (χ1v) is 8.80. The lowest BCUT2D eigenvalue weighted by Gasteiger charge is -2.35. The number of rotatable bonds is 3. The average molecular weight is 314 g/mol. The van der Waals surface area contributed by atoms with E-state index in [0.717, 1.165) is 31.5 Å². The Hall–Kier alpha value is -1.84. The van der Waals surface area contributed by atoms with Crippen LogP contribution in [0.25, 0.3) is 0 Å². The number of carbonyl (C=O) groups is 2. The van der Waals surface area contributed by atoms with Gasteiger partial charge in [-0.15, -0.1) is 0 Å². The van der Waals surface area contributed by atoms with Gasteiger partial charge in [0.2, 0.25) is 11.8 Å². The van der Waals surface area contributed by atoms with Crippen molar-refractivity contribution in [3.8, 4) is 0 Å². The molecule has 0 unspecified atom stereocenters. The molecule has 2 amide bonds. The number of likely N-dealkylation sites (tertiary alicyclic amines) is 1. The maximum absolute atomic E-state index is 12.8. The van der Waals surface area contributed by atoms with Gasteiger partial charge in [-0.1, -0.05) is 19.1 Å². The number of hydrogen-bond donors (Lipinski definition) is 0. The highest BCUT2D eigenvalue weighted by molar-refractivity contribution is 6.00. The minimum atomic E-state index is -0.186. The Bertz CT molecular complexity index is 582. The molecule has 4 nitrogen and oxygen atoms in total. The molecular formula is C19H26N2O2. The van der Waals surface area contributed by atoms with Crippen LogP contribution in [0.5, 0.6) is 0 Å². The van der Waals surface area contributed by atoms with Crippen molar-refractivity contribution in [2.24, 2.45) is 5.92 Å². The van der Waals surface area contributed by atoms with E-state index in [2.05, 4.69) is 26.0 Å². The van der Waals surface area contributed by atoms with Gasteiger partial charge >= 0.3 is 0 Å². The summed E-state index contributed by atoms with van der Waals surface area (Å²) in [6, 6.07) is 8.42. The molecule has 0 saturated carbocycles. The molecule has 0 aromatic heterocycles. The van der Waals surface area contributed by atoms with Gasteiger partial charge in [-0.2, -0.15) is 0 Å². The third-order valence-electron chi connectivity index (χ3n) is 5.22. The minimum absolute atomic E-state index is 0.0669. The van der Waals surface area contributed by atoms with Gasteiger partial charge in [0.15, 0.2) is 0 Å². The number of aryl methyl sites for hydroxylation is 1. The van der Waals surface area contributed by atoms with E-state index in [1.807, 2.05) is 17.0 Å². The summed E-state index contributed by atoms with van der Waals surface area (Å²) >= 11 is 0. The van der Waals surface area contributed by atoms with Crippen LogP contribution in [0.15, 0.2) is 24.3 Å². The first-order valence-electron chi connectivity index (χ1n) is 8.80. The van der Waals surface area contributed by atoms with Crippen LogP contribution >= 0.6 is 0 Å². The highest BCUT2D eigenvalue weighted by Crippen LogP contribution is 2.28. The number of amides is 2. The molecule has 2 heterocycles. The van der Waals surface area contributed by atoms with E-state index < -0.39 is 0 Å². The zero-order valence-electron chi connectivity index (χ0n) is 14.1. The van der Waals surface area contributed by atoms with E-state index in [1.54, 1.807) is 4.90 Å². The van der Waals surface area contributed by atoms with Gasteiger partial charge in [-0.05, 0) is 50.3 Å². The first kappa shape index (κ1) is 16.0. The maximum atomic E-state index is 12.8. The second kappa shape index (κ2) is 6.73. The van der Waals surface area contributed by atoms with Crippen molar-refractivity contribution < 1.29 is 9.59 Å². The number of benzene rings is 1. The Labute approximate surface area is 138 Å². The standard InChI is InChI=1S/C19H26N2O2/c1-3-15-7-9-17(10-8-15)21-13-16(12-18(21)22)19(23)20-11-5-4-6-14(20)2/h7-10,14,16H,3-6,11-13H2,1-2H3/t14-,16-/m1/s1. The van der Waals surface area contributed by atoms with Crippen molar-refractivity contribution in [3.05, 3.63) is 29.8 Å². The van der Waals surface area contributed by atoms with Crippen LogP contribution in [0.3, 0.4) is 0 Å². The molecule has 2 atom stereocenters. The van der Waals surface area contributed by atoms with Crippen molar-refractivity contribution in [1.29, 1.82) is 0 Å². The molecule has 3 rings (SSSR count). The predicted molar refractivity (Wildman–Crippen MR) is 91.3 cm³/mol. The fourth-order valence-electron chi connectivity index (χ4n) is 3.69. The normalized spacial score (nSPS) is 25.0.